The summed E-state index contributed by atoms with van der Waals surface area (Å²) in [6.45, 7) is 5.21. The SMILES string of the molecule is COc1cc(C)cc2cc(-c3c(CCC(C)=O)c(CCC(C)=O)n4ncnc(N)c34)sc12. The van der Waals surface area contributed by atoms with Gasteiger partial charge in [0.2, 0.25) is 0 Å². The van der Waals surface area contributed by atoms with Crippen molar-refractivity contribution in [2.45, 2.75) is 46.5 Å². The summed E-state index contributed by atoms with van der Waals surface area (Å²) in [4.78, 5) is 28.9. The van der Waals surface area contributed by atoms with Crippen molar-refractivity contribution in [1.82, 2.24) is 14.6 Å². The van der Waals surface area contributed by atoms with E-state index < -0.39 is 0 Å². The zero-order valence-corrected chi connectivity index (χ0v) is 19.5. The summed E-state index contributed by atoms with van der Waals surface area (Å²) in [5, 5.41) is 5.55. The topological polar surface area (TPSA) is 99.6 Å². The Morgan fingerprint density at radius 3 is 2.53 bits per heavy atom. The minimum absolute atomic E-state index is 0.100. The Morgan fingerprint density at radius 1 is 1.12 bits per heavy atom. The summed E-state index contributed by atoms with van der Waals surface area (Å²) in [5.41, 5.74) is 11.0. The molecular weight excluding hydrogens is 424 g/mol. The number of aromatic nitrogens is 3. The van der Waals surface area contributed by atoms with Crippen LogP contribution in [0.3, 0.4) is 0 Å². The first-order valence-electron chi connectivity index (χ1n) is 10.5. The zero-order chi connectivity index (χ0) is 23.0. The van der Waals surface area contributed by atoms with Crippen LogP contribution in [0.5, 0.6) is 5.75 Å². The highest BCUT2D eigenvalue weighted by atomic mass is 32.1. The fourth-order valence-corrected chi connectivity index (χ4v) is 5.35. The average molecular weight is 451 g/mol. The number of Topliss-reactive ketones (excluding diaryl/α,β-unsaturated/α-hetero) is 2. The number of nitrogens with zero attached hydrogens (tertiary/aromatic N) is 3. The van der Waals surface area contributed by atoms with E-state index in [1.165, 1.54) is 6.33 Å². The molecule has 1 aromatic carbocycles. The number of aryl methyl sites for hydroxylation is 2. The molecule has 0 aliphatic heterocycles. The molecule has 4 aromatic rings. The molecule has 4 rings (SSSR count). The second-order valence-electron chi connectivity index (χ2n) is 8.11. The molecule has 8 heteroatoms. The monoisotopic (exact) mass is 450 g/mol. The van der Waals surface area contributed by atoms with Crippen LogP contribution in [0, 0.1) is 6.92 Å². The predicted octanol–water partition coefficient (Wildman–Crippen LogP) is 4.55. The molecular formula is C24H26N4O3S. The molecule has 7 nitrogen and oxygen atoms in total. The smallest absolute Gasteiger partial charge is 0.152 e. The van der Waals surface area contributed by atoms with Crippen LogP contribution in [-0.4, -0.2) is 33.3 Å². The normalized spacial score (nSPS) is 11.4. The molecule has 2 N–H and O–H groups in total. The number of rotatable bonds is 8. The summed E-state index contributed by atoms with van der Waals surface area (Å²) >= 11 is 1.62. The van der Waals surface area contributed by atoms with Crippen LogP contribution in [0.1, 0.15) is 43.5 Å². The first kappa shape index (κ1) is 22.0. The lowest BCUT2D eigenvalue weighted by Crippen LogP contribution is -2.05. The number of ketones is 2. The fraction of sp³-hybridized carbons (Fsp3) is 0.333. The molecule has 0 amide bonds. The van der Waals surface area contributed by atoms with E-state index >= 15 is 0 Å². The van der Waals surface area contributed by atoms with Gasteiger partial charge in [0.05, 0.1) is 11.8 Å². The molecule has 0 bridgehead atoms. The van der Waals surface area contributed by atoms with Crippen molar-refractivity contribution in [3.8, 4) is 16.2 Å². The van der Waals surface area contributed by atoms with Crippen molar-refractivity contribution in [3.05, 3.63) is 41.3 Å². The van der Waals surface area contributed by atoms with Crippen LogP contribution >= 0.6 is 11.3 Å². The van der Waals surface area contributed by atoms with Gasteiger partial charge in [0, 0.05) is 29.0 Å². The van der Waals surface area contributed by atoms with Crippen LogP contribution in [0.25, 0.3) is 26.0 Å². The van der Waals surface area contributed by atoms with Crippen LogP contribution in [0.4, 0.5) is 5.82 Å². The number of methoxy groups -OCH3 is 1. The van der Waals surface area contributed by atoms with E-state index in [2.05, 4.69) is 22.2 Å². The lowest BCUT2D eigenvalue weighted by molar-refractivity contribution is -0.117. The van der Waals surface area contributed by atoms with Gasteiger partial charge in [-0.05, 0) is 62.3 Å². The molecule has 0 fully saturated rings. The maximum absolute atomic E-state index is 11.9. The number of hydrogen-bond donors (Lipinski definition) is 1. The Labute approximate surface area is 190 Å². The third-order valence-electron chi connectivity index (χ3n) is 5.59. The summed E-state index contributed by atoms with van der Waals surface area (Å²) < 4.78 is 8.46. The Kier molecular flexibility index (Phi) is 5.97. The molecule has 3 heterocycles. The summed E-state index contributed by atoms with van der Waals surface area (Å²) in [6.07, 6.45) is 3.29. The molecule has 0 unspecified atom stereocenters. The van der Waals surface area contributed by atoms with Gasteiger partial charge >= 0.3 is 0 Å². The second-order valence-corrected chi connectivity index (χ2v) is 9.16. The lowest BCUT2D eigenvalue weighted by atomic mass is 9.99. The van der Waals surface area contributed by atoms with Crippen molar-refractivity contribution in [2.75, 3.05) is 12.8 Å². The number of hydrogen-bond acceptors (Lipinski definition) is 7. The largest absolute Gasteiger partial charge is 0.495 e. The highest BCUT2D eigenvalue weighted by Crippen LogP contribution is 2.44. The Balaban J connectivity index is 2.03. The standard InChI is InChI=1S/C24H26N4O3S/c1-13-9-16-11-20(32-23(16)19(10-13)31-4)21-17(7-5-14(2)29)18(8-6-15(3)30)28-22(21)24(25)26-12-27-28/h9-12H,5-8H2,1-4H3,(H2,25,26,27). The van der Waals surface area contributed by atoms with Crippen molar-refractivity contribution >= 4 is 44.3 Å². The number of carbonyl (C=O) groups is 2. The van der Waals surface area contributed by atoms with Gasteiger partial charge in [0.1, 0.15) is 29.2 Å². The first-order chi connectivity index (χ1) is 15.3. The third-order valence-corrected chi connectivity index (χ3v) is 6.78. The maximum Gasteiger partial charge on any atom is 0.152 e. The summed E-state index contributed by atoms with van der Waals surface area (Å²) in [5.74, 6) is 1.40. The minimum atomic E-state index is 0.100. The van der Waals surface area contributed by atoms with Crippen molar-refractivity contribution < 1.29 is 14.3 Å². The highest BCUT2D eigenvalue weighted by Gasteiger charge is 2.25. The highest BCUT2D eigenvalue weighted by molar-refractivity contribution is 7.22. The summed E-state index contributed by atoms with van der Waals surface area (Å²) in [7, 11) is 1.67. The molecule has 0 saturated heterocycles. The summed E-state index contributed by atoms with van der Waals surface area (Å²) in [6, 6.07) is 6.28. The van der Waals surface area contributed by atoms with E-state index in [4.69, 9.17) is 10.5 Å². The predicted molar refractivity (Wildman–Crippen MR) is 128 cm³/mol. The number of thiophene rings is 1. The zero-order valence-electron chi connectivity index (χ0n) is 18.7. The number of carbonyl (C=O) groups excluding carboxylic acids is 2. The van der Waals surface area contributed by atoms with E-state index in [9.17, 15) is 9.59 Å². The molecule has 0 aliphatic carbocycles. The second kappa shape index (κ2) is 8.70. The molecule has 32 heavy (non-hydrogen) atoms. The minimum Gasteiger partial charge on any atom is -0.495 e. The van der Waals surface area contributed by atoms with Gasteiger partial charge in [-0.25, -0.2) is 9.50 Å². The number of nitrogens with two attached hydrogens (primary N) is 1. The number of ether oxygens (including phenoxy) is 1. The molecule has 0 saturated carbocycles. The van der Waals surface area contributed by atoms with Crippen molar-refractivity contribution in [3.63, 3.8) is 0 Å². The quantitative estimate of drug-likeness (QED) is 0.423. The maximum atomic E-state index is 11.9. The van der Waals surface area contributed by atoms with Crippen LogP contribution in [0.2, 0.25) is 0 Å². The molecule has 0 aliphatic rings. The van der Waals surface area contributed by atoms with Crippen LogP contribution in [0.15, 0.2) is 24.5 Å². The van der Waals surface area contributed by atoms with E-state index in [1.54, 1.807) is 36.8 Å². The van der Waals surface area contributed by atoms with Crippen molar-refractivity contribution in [1.29, 1.82) is 0 Å². The van der Waals surface area contributed by atoms with Crippen LogP contribution in [-0.2, 0) is 22.4 Å². The van der Waals surface area contributed by atoms with E-state index in [0.717, 1.165) is 43.1 Å². The van der Waals surface area contributed by atoms with Gasteiger partial charge in [0.15, 0.2) is 5.82 Å². The van der Waals surface area contributed by atoms with Gasteiger partial charge in [0.25, 0.3) is 0 Å². The van der Waals surface area contributed by atoms with Gasteiger partial charge in [-0.1, -0.05) is 6.07 Å². The van der Waals surface area contributed by atoms with Gasteiger partial charge in [-0.15, -0.1) is 11.3 Å². The van der Waals surface area contributed by atoms with Crippen molar-refractivity contribution in [2.24, 2.45) is 0 Å². The number of anilines is 1. The Morgan fingerprint density at radius 2 is 1.84 bits per heavy atom. The van der Waals surface area contributed by atoms with Gasteiger partial charge in [-0.2, -0.15) is 5.10 Å². The fourth-order valence-electron chi connectivity index (χ4n) is 4.15. The Hall–Kier alpha value is -3.26. The number of benzene rings is 1. The molecule has 0 spiro atoms. The van der Waals surface area contributed by atoms with Gasteiger partial charge < -0.3 is 20.1 Å². The van der Waals surface area contributed by atoms with Crippen LogP contribution < -0.4 is 10.5 Å². The molecule has 166 valence electrons. The van der Waals surface area contributed by atoms with E-state index in [0.29, 0.717) is 37.0 Å². The van der Waals surface area contributed by atoms with E-state index in [-0.39, 0.29) is 11.6 Å². The average Bonchev–Trinajstić information content (AvgIpc) is 3.29. The Bertz CT molecular complexity index is 1350. The number of fused-ring (bicyclic) bond motifs is 2. The first-order valence-corrected chi connectivity index (χ1v) is 11.3. The molecule has 3 aromatic heterocycles. The number of nitrogen functional groups attached to an aromatic ring is 1. The molecule has 0 radical (unpaired) electrons. The van der Waals surface area contributed by atoms with Gasteiger partial charge in [-0.3, -0.25) is 0 Å². The molecule has 0 atom stereocenters. The van der Waals surface area contributed by atoms with E-state index in [1.807, 2.05) is 13.0 Å². The lowest BCUT2D eigenvalue weighted by Gasteiger charge is -2.06. The third kappa shape index (κ3) is 3.98.